The van der Waals surface area contributed by atoms with Crippen LogP contribution < -0.4 is 11.5 Å². The predicted octanol–water partition coefficient (Wildman–Crippen LogP) is 1.93. The van der Waals surface area contributed by atoms with Crippen LogP contribution in [-0.4, -0.2) is 20.8 Å². The fourth-order valence-electron chi connectivity index (χ4n) is 1.53. The molecule has 6 N–H and O–H groups in total. The zero-order chi connectivity index (χ0) is 15.3. The van der Waals surface area contributed by atoms with Gasteiger partial charge in [0, 0.05) is 11.6 Å². The third kappa shape index (κ3) is 3.19. The average Bonchev–Trinajstić information content (AvgIpc) is 2.39. The lowest BCUT2D eigenvalue weighted by Crippen LogP contribution is -2.12. The van der Waals surface area contributed by atoms with Gasteiger partial charge >= 0.3 is 0 Å². The van der Waals surface area contributed by atoms with E-state index in [0.717, 1.165) is 12.1 Å². The second-order valence-corrected chi connectivity index (χ2v) is 3.59. The van der Waals surface area contributed by atoms with E-state index in [1.165, 1.54) is 12.4 Å². The summed E-state index contributed by atoms with van der Waals surface area (Å²) >= 11 is 0. The van der Waals surface area contributed by atoms with E-state index in [0.29, 0.717) is 0 Å². The van der Waals surface area contributed by atoms with Crippen LogP contribution >= 0.6 is 0 Å². The molecule has 0 fully saturated rings. The monoisotopic (exact) mass is 277 g/mol. The van der Waals surface area contributed by atoms with Gasteiger partial charge in [0.1, 0.15) is 29.5 Å². The number of hydrogen-bond acceptors (Lipinski definition) is 6. The summed E-state index contributed by atoms with van der Waals surface area (Å²) in [5, 5.41) is 17.2. The highest BCUT2D eigenvalue weighted by atomic mass is 19.1. The Balaban J connectivity index is 0.000000956. The molecule has 0 bridgehead atoms. The number of nitrogens with two attached hydrogens (primary N) is 2. The van der Waals surface area contributed by atoms with E-state index in [1.807, 2.05) is 13.8 Å². The van der Waals surface area contributed by atoms with Crippen molar-refractivity contribution in [1.82, 2.24) is 9.97 Å². The number of aromatic hydroxyl groups is 1. The van der Waals surface area contributed by atoms with E-state index >= 15 is 0 Å². The molecule has 0 radical (unpaired) electrons. The third-order valence-corrected chi connectivity index (χ3v) is 2.33. The Hall–Kier alpha value is -2.70. The summed E-state index contributed by atoms with van der Waals surface area (Å²) in [6.07, 6.45) is 1.17. The van der Waals surface area contributed by atoms with Crippen LogP contribution in [0.4, 0.5) is 16.0 Å². The molecule has 0 saturated carbocycles. The van der Waals surface area contributed by atoms with Crippen molar-refractivity contribution in [2.24, 2.45) is 0 Å². The molecule has 20 heavy (non-hydrogen) atoms. The Morgan fingerprint density at radius 3 is 2.20 bits per heavy atom. The predicted molar refractivity (Wildman–Crippen MR) is 76.2 cm³/mol. The lowest BCUT2D eigenvalue weighted by Gasteiger charge is -2.09. The third-order valence-electron chi connectivity index (χ3n) is 2.33. The summed E-state index contributed by atoms with van der Waals surface area (Å²) in [7, 11) is 0. The normalized spacial score (nSPS) is 9.55. The summed E-state index contributed by atoms with van der Waals surface area (Å²) in [6, 6.07) is 3.26. The highest BCUT2D eigenvalue weighted by molar-refractivity contribution is 6.16. The highest BCUT2D eigenvalue weighted by Gasteiger charge is 2.15. The van der Waals surface area contributed by atoms with E-state index in [4.69, 9.17) is 16.9 Å². The fourth-order valence-corrected chi connectivity index (χ4v) is 1.53. The van der Waals surface area contributed by atoms with Crippen molar-refractivity contribution in [2.45, 2.75) is 13.8 Å². The van der Waals surface area contributed by atoms with Gasteiger partial charge in [0.05, 0.1) is 11.3 Å². The van der Waals surface area contributed by atoms with Crippen molar-refractivity contribution in [3.05, 3.63) is 41.5 Å². The summed E-state index contributed by atoms with van der Waals surface area (Å²) in [6.45, 7) is 4.00. The topological polar surface area (TPSA) is 122 Å². The van der Waals surface area contributed by atoms with Gasteiger partial charge in [-0.1, -0.05) is 13.8 Å². The minimum absolute atomic E-state index is 0.0243. The summed E-state index contributed by atoms with van der Waals surface area (Å²) in [5.74, 6) is -0.903. The van der Waals surface area contributed by atoms with Crippen molar-refractivity contribution in [1.29, 1.82) is 5.41 Å². The number of benzene rings is 1. The van der Waals surface area contributed by atoms with Crippen LogP contribution in [0.3, 0.4) is 0 Å². The van der Waals surface area contributed by atoms with Gasteiger partial charge in [-0.2, -0.15) is 0 Å². The number of aromatic nitrogens is 2. The number of hydrogen-bond donors (Lipinski definition) is 4. The standard InChI is InChI=1S/C11H10FN5O.C2H6/c12-6-1-5(2-7(18)3-6)9(13)8-10(14)16-4-17-11(8)15;1-2/h1-4,13,18H,(H4,14,15,16,17);1-2H3. The average molecular weight is 277 g/mol. The minimum atomic E-state index is -0.663. The van der Waals surface area contributed by atoms with E-state index in [-0.39, 0.29) is 34.2 Å². The molecule has 1 heterocycles. The molecule has 0 aliphatic heterocycles. The van der Waals surface area contributed by atoms with Crippen LogP contribution in [0.2, 0.25) is 0 Å². The van der Waals surface area contributed by atoms with E-state index in [1.54, 1.807) is 0 Å². The quantitative estimate of drug-likeness (QED) is 0.625. The van der Waals surface area contributed by atoms with Crippen molar-refractivity contribution >= 4 is 17.3 Å². The largest absolute Gasteiger partial charge is 0.508 e. The van der Waals surface area contributed by atoms with Crippen molar-refractivity contribution in [3.63, 3.8) is 0 Å². The number of halogens is 1. The van der Waals surface area contributed by atoms with Gasteiger partial charge in [0.15, 0.2) is 0 Å². The zero-order valence-corrected chi connectivity index (χ0v) is 11.2. The van der Waals surface area contributed by atoms with Crippen LogP contribution in [0, 0.1) is 11.2 Å². The number of nitrogens with one attached hydrogen (secondary N) is 1. The zero-order valence-electron chi connectivity index (χ0n) is 11.2. The summed E-state index contributed by atoms with van der Waals surface area (Å²) in [5.41, 5.74) is 11.3. The first-order valence-corrected chi connectivity index (χ1v) is 5.94. The first-order valence-electron chi connectivity index (χ1n) is 5.94. The Kier molecular flexibility index (Phi) is 4.96. The maximum absolute atomic E-state index is 13.2. The van der Waals surface area contributed by atoms with E-state index in [2.05, 4.69) is 9.97 Å². The van der Waals surface area contributed by atoms with Gasteiger partial charge < -0.3 is 16.6 Å². The minimum Gasteiger partial charge on any atom is -0.508 e. The molecule has 0 aliphatic carbocycles. The van der Waals surface area contributed by atoms with Crippen LogP contribution in [0.5, 0.6) is 5.75 Å². The van der Waals surface area contributed by atoms with Crippen molar-refractivity contribution < 1.29 is 9.50 Å². The number of nitrogen functional groups attached to an aromatic ring is 2. The molecular formula is C13H16FN5O. The molecule has 106 valence electrons. The molecule has 6 nitrogen and oxygen atoms in total. The number of nitrogens with zero attached hydrogens (tertiary/aromatic N) is 2. The van der Waals surface area contributed by atoms with E-state index in [9.17, 15) is 9.50 Å². The smallest absolute Gasteiger partial charge is 0.138 e. The Morgan fingerprint density at radius 1 is 1.15 bits per heavy atom. The molecule has 7 heteroatoms. The molecule has 0 aliphatic rings. The molecular weight excluding hydrogens is 261 g/mol. The van der Waals surface area contributed by atoms with E-state index < -0.39 is 5.82 Å². The van der Waals surface area contributed by atoms with Crippen LogP contribution in [0.15, 0.2) is 24.5 Å². The number of rotatable bonds is 2. The van der Waals surface area contributed by atoms with Gasteiger partial charge in [-0.25, -0.2) is 14.4 Å². The van der Waals surface area contributed by atoms with Crippen LogP contribution in [-0.2, 0) is 0 Å². The number of phenols is 1. The molecule has 2 aromatic rings. The van der Waals surface area contributed by atoms with Gasteiger partial charge in [-0.15, -0.1) is 0 Å². The van der Waals surface area contributed by atoms with Gasteiger partial charge in [0.2, 0.25) is 0 Å². The van der Waals surface area contributed by atoms with Crippen LogP contribution in [0.25, 0.3) is 0 Å². The lowest BCUT2D eigenvalue weighted by molar-refractivity contribution is 0.469. The lowest BCUT2D eigenvalue weighted by atomic mass is 10.0. The second-order valence-electron chi connectivity index (χ2n) is 3.59. The molecule has 0 spiro atoms. The van der Waals surface area contributed by atoms with Crippen LogP contribution in [0.1, 0.15) is 25.0 Å². The Morgan fingerprint density at radius 2 is 1.70 bits per heavy atom. The number of phenolic OH excluding ortho intramolecular Hbond substituents is 1. The SMILES string of the molecule is CC.N=C(c1cc(O)cc(F)c1)c1c(N)ncnc1N. The van der Waals surface area contributed by atoms with Gasteiger partial charge in [0.25, 0.3) is 0 Å². The van der Waals surface area contributed by atoms with Gasteiger partial charge in [-0.3, -0.25) is 5.41 Å². The maximum atomic E-state index is 13.2. The maximum Gasteiger partial charge on any atom is 0.138 e. The number of anilines is 2. The molecule has 0 atom stereocenters. The summed E-state index contributed by atoms with van der Waals surface area (Å²) < 4.78 is 13.2. The van der Waals surface area contributed by atoms with Crippen molar-refractivity contribution in [2.75, 3.05) is 11.5 Å². The fraction of sp³-hybridized carbons (Fsp3) is 0.154. The molecule has 0 amide bonds. The molecule has 2 rings (SSSR count). The molecule has 1 aromatic carbocycles. The summed E-state index contributed by atoms with van der Waals surface area (Å²) in [4.78, 5) is 7.44. The Labute approximate surface area is 115 Å². The Bertz CT molecular complexity index is 590. The first kappa shape index (κ1) is 15.4. The molecule has 0 saturated heterocycles. The second kappa shape index (κ2) is 6.46. The highest BCUT2D eigenvalue weighted by Crippen LogP contribution is 2.22. The molecule has 0 unspecified atom stereocenters. The first-order chi connectivity index (χ1) is 9.49. The molecule has 1 aromatic heterocycles. The van der Waals surface area contributed by atoms with Gasteiger partial charge in [-0.05, 0) is 12.1 Å². The van der Waals surface area contributed by atoms with Crippen molar-refractivity contribution in [3.8, 4) is 5.75 Å².